The molecule has 0 saturated carbocycles. The maximum Gasteiger partial charge on any atom is 0.319 e. The summed E-state index contributed by atoms with van der Waals surface area (Å²) in [5, 5.41) is 7.44. The Hall–Kier alpha value is -2.46. The second-order valence-electron chi connectivity index (χ2n) is 5.10. The molecule has 22 heavy (non-hydrogen) atoms. The predicted octanol–water partition coefficient (Wildman–Crippen LogP) is 4.15. The van der Waals surface area contributed by atoms with Crippen LogP contribution in [-0.2, 0) is 13.6 Å². The van der Waals surface area contributed by atoms with E-state index in [9.17, 15) is 4.79 Å². The average Bonchev–Trinajstić information content (AvgIpc) is 2.85. The van der Waals surface area contributed by atoms with Crippen molar-refractivity contribution in [1.82, 2.24) is 9.88 Å². The number of hydrogen-bond donors (Lipinski definition) is 2. The summed E-state index contributed by atoms with van der Waals surface area (Å²) in [7, 11) is 2.00. The van der Waals surface area contributed by atoms with Gasteiger partial charge in [-0.25, -0.2) is 4.79 Å². The van der Waals surface area contributed by atoms with Crippen molar-refractivity contribution in [2.24, 2.45) is 7.05 Å². The summed E-state index contributed by atoms with van der Waals surface area (Å²) in [5.74, 6) is 0. The standard InChI is InChI=1S/C17H16ClN3O/c1-21-11-12(15-4-2-3-5-16(15)21)10-19-17(22)20-14-8-6-13(18)7-9-14/h2-9,11H,10H2,1H3,(H2,19,20,22). The number of aromatic nitrogens is 1. The highest BCUT2D eigenvalue weighted by molar-refractivity contribution is 6.30. The van der Waals surface area contributed by atoms with Crippen LogP contribution in [0.3, 0.4) is 0 Å². The summed E-state index contributed by atoms with van der Waals surface area (Å²) in [6.07, 6.45) is 2.03. The van der Waals surface area contributed by atoms with E-state index in [1.807, 2.05) is 25.4 Å². The Balaban J connectivity index is 1.66. The Morgan fingerprint density at radius 1 is 1.14 bits per heavy atom. The van der Waals surface area contributed by atoms with Crippen molar-refractivity contribution in [2.45, 2.75) is 6.54 Å². The third kappa shape index (κ3) is 3.07. The van der Waals surface area contributed by atoms with E-state index in [2.05, 4.69) is 27.3 Å². The van der Waals surface area contributed by atoms with Crippen molar-refractivity contribution >= 4 is 34.2 Å². The van der Waals surface area contributed by atoms with Crippen molar-refractivity contribution in [3.8, 4) is 0 Å². The van der Waals surface area contributed by atoms with Gasteiger partial charge in [0.2, 0.25) is 0 Å². The summed E-state index contributed by atoms with van der Waals surface area (Å²) in [6.45, 7) is 0.473. The molecule has 0 radical (unpaired) electrons. The maximum atomic E-state index is 12.0. The summed E-state index contributed by atoms with van der Waals surface area (Å²) >= 11 is 5.82. The van der Waals surface area contributed by atoms with E-state index in [1.165, 1.54) is 0 Å². The first-order chi connectivity index (χ1) is 10.6. The van der Waals surface area contributed by atoms with Crippen molar-refractivity contribution < 1.29 is 4.79 Å². The minimum atomic E-state index is -0.241. The number of para-hydroxylation sites is 1. The highest BCUT2D eigenvalue weighted by Crippen LogP contribution is 2.20. The van der Waals surface area contributed by atoms with Crippen LogP contribution in [0.25, 0.3) is 10.9 Å². The van der Waals surface area contributed by atoms with Gasteiger partial charge in [-0.3, -0.25) is 0 Å². The number of anilines is 1. The molecule has 3 rings (SSSR count). The predicted molar refractivity (Wildman–Crippen MR) is 90.2 cm³/mol. The first-order valence-electron chi connectivity index (χ1n) is 6.97. The molecule has 0 saturated heterocycles. The second kappa shape index (κ2) is 6.12. The lowest BCUT2D eigenvalue weighted by Crippen LogP contribution is -2.28. The fourth-order valence-electron chi connectivity index (χ4n) is 2.45. The van der Waals surface area contributed by atoms with Gasteiger partial charge in [0.05, 0.1) is 0 Å². The lowest BCUT2D eigenvalue weighted by molar-refractivity contribution is 0.252. The largest absolute Gasteiger partial charge is 0.350 e. The number of carbonyl (C=O) groups is 1. The molecule has 0 aliphatic rings. The van der Waals surface area contributed by atoms with Crippen LogP contribution in [-0.4, -0.2) is 10.6 Å². The zero-order valence-corrected chi connectivity index (χ0v) is 12.9. The topological polar surface area (TPSA) is 46.1 Å². The third-order valence-corrected chi connectivity index (χ3v) is 3.77. The Morgan fingerprint density at radius 2 is 1.86 bits per heavy atom. The first kappa shape index (κ1) is 14.5. The zero-order valence-electron chi connectivity index (χ0n) is 12.1. The number of hydrogen-bond acceptors (Lipinski definition) is 1. The molecule has 1 heterocycles. The van der Waals surface area contributed by atoms with Gasteiger partial charge in [0.25, 0.3) is 0 Å². The second-order valence-corrected chi connectivity index (χ2v) is 5.53. The molecule has 0 unspecified atom stereocenters. The molecule has 2 aromatic carbocycles. The smallest absolute Gasteiger partial charge is 0.319 e. The molecule has 4 nitrogen and oxygen atoms in total. The van der Waals surface area contributed by atoms with E-state index in [0.717, 1.165) is 16.5 Å². The summed E-state index contributed by atoms with van der Waals surface area (Å²) in [5.41, 5.74) is 2.95. The summed E-state index contributed by atoms with van der Waals surface area (Å²) in [4.78, 5) is 12.0. The van der Waals surface area contributed by atoms with E-state index >= 15 is 0 Å². The number of fused-ring (bicyclic) bond motifs is 1. The lowest BCUT2D eigenvalue weighted by atomic mass is 10.2. The number of carbonyl (C=O) groups excluding carboxylic acids is 1. The molecule has 0 aliphatic carbocycles. The van der Waals surface area contributed by atoms with Gasteiger partial charge in [0.1, 0.15) is 0 Å². The Labute approximate surface area is 133 Å². The summed E-state index contributed by atoms with van der Waals surface area (Å²) in [6, 6.07) is 14.9. The number of urea groups is 1. The van der Waals surface area contributed by atoms with Gasteiger partial charge < -0.3 is 15.2 Å². The molecular weight excluding hydrogens is 298 g/mol. The van der Waals surface area contributed by atoms with Crippen molar-refractivity contribution in [3.63, 3.8) is 0 Å². The Bertz CT molecular complexity index is 808. The number of aryl methyl sites for hydroxylation is 1. The molecule has 0 bridgehead atoms. The van der Waals surface area contributed by atoms with Gasteiger partial charge >= 0.3 is 6.03 Å². The first-order valence-corrected chi connectivity index (χ1v) is 7.34. The van der Waals surface area contributed by atoms with Crippen molar-refractivity contribution in [1.29, 1.82) is 0 Å². The Morgan fingerprint density at radius 3 is 2.64 bits per heavy atom. The van der Waals surface area contributed by atoms with Crippen LogP contribution < -0.4 is 10.6 Å². The number of nitrogens with one attached hydrogen (secondary N) is 2. The van der Waals surface area contributed by atoms with Gasteiger partial charge in [-0.05, 0) is 35.9 Å². The molecule has 0 aliphatic heterocycles. The van der Waals surface area contributed by atoms with Crippen LogP contribution in [0.2, 0.25) is 5.02 Å². The third-order valence-electron chi connectivity index (χ3n) is 3.52. The number of nitrogens with zero attached hydrogens (tertiary/aromatic N) is 1. The number of halogens is 1. The molecule has 3 aromatic rings. The van der Waals surface area contributed by atoms with Crippen LogP contribution in [0.5, 0.6) is 0 Å². The number of benzene rings is 2. The van der Waals surface area contributed by atoms with Crippen LogP contribution in [0.1, 0.15) is 5.56 Å². The molecule has 0 spiro atoms. The fraction of sp³-hybridized carbons (Fsp3) is 0.118. The van der Waals surface area contributed by atoms with E-state index in [-0.39, 0.29) is 6.03 Å². The van der Waals surface area contributed by atoms with E-state index in [1.54, 1.807) is 24.3 Å². The molecule has 0 atom stereocenters. The van der Waals surface area contributed by atoms with Crippen LogP contribution in [0.4, 0.5) is 10.5 Å². The SMILES string of the molecule is Cn1cc(CNC(=O)Nc2ccc(Cl)cc2)c2ccccc21. The molecule has 112 valence electrons. The monoisotopic (exact) mass is 313 g/mol. The lowest BCUT2D eigenvalue weighted by Gasteiger charge is -2.07. The fourth-order valence-corrected chi connectivity index (χ4v) is 2.58. The molecule has 5 heteroatoms. The number of amides is 2. The molecular formula is C17H16ClN3O. The molecule has 1 aromatic heterocycles. The van der Waals surface area contributed by atoms with E-state index in [0.29, 0.717) is 17.3 Å². The van der Waals surface area contributed by atoms with E-state index < -0.39 is 0 Å². The van der Waals surface area contributed by atoms with Gasteiger partial charge in [-0.15, -0.1) is 0 Å². The Kier molecular flexibility index (Phi) is 4.02. The molecule has 0 fully saturated rings. The average molecular weight is 314 g/mol. The van der Waals surface area contributed by atoms with Gasteiger partial charge in [0.15, 0.2) is 0 Å². The zero-order chi connectivity index (χ0) is 15.5. The summed E-state index contributed by atoms with van der Waals surface area (Å²) < 4.78 is 2.06. The van der Waals surface area contributed by atoms with Gasteiger partial charge in [0, 0.05) is 41.4 Å². The highest BCUT2D eigenvalue weighted by atomic mass is 35.5. The number of rotatable bonds is 3. The highest BCUT2D eigenvalue weighted by Gasteiger charge is 2.07. The van der Waals surface area contributed by atoms with Crippen molar-refractivity contribution in [2.75, 3.05) is 5.32 Å². The van der Waals surface area contributed by atoms with E-state index in [4.69, 9.17) is 11.6 Å². The maximum absolute atomic E-state index is 12.0. The van der Waals surface area contributed by atoms with Crippen LogP contribution >= 0.6 is 11.6 Å². The molecule has 2 amide bonds. The van der Waals surface area contributed by atoms with Gasteiger partial charge in [-0.1, -0.05) is 29.8 Å². The van der Waals surface area contributed by atoms with Crippen LogP contribution in [0.15, 0.2) is 54.7 Å². The normalized spacial score (nSPS) is 10.6. The molecule has 2 N–H and O–H groups in total. The minimum Gasteiger partial charge on any atom is -0.350 e. The van der Waals surface area contributed by atoms with Crippen molar-refractivity contribution in [3.05, 3.63) is 65.3 Å². The van der Waals surface area contributed by atoms with Gasteiger partial charge in [-0.2, -0.15) is 0 Å². The quantitative estimate of drug-likeness (QED) is 0.749. The van der Waals surface area contributed by atoms with Crippen LogP contribution in [0, 0.1) is 0 Å². The minimum absolute atomic E-state index is 0.241.